The summed E-state index contributed by atoms with van der Waals surface area (Å²) < 4.78 is 4.91. The minimum absolute atomic E-state index is 0.0315. The van der Waals surface area contributed by atoms with E-state index in [-0.39, 0.29) is 30.2 Å². The third-order valence-electron chi connectivity index (χ3n) is 5.01. The predicted octanol–water partition coefficient (Wildman–Crippen LogP) is 2.77. The highest BCUT2D eigenvalue weighted by Crippen LogP contribution is 2.31. The molecule has 8 nitrogen and oxygen atoms in total. The average molecular weight is 425 g/mol. The number of hydrogen-bond acceptors (Lipinski definition) is 5. The largest absolute Gasteiger partial charge is 0.383 e. The second kappa shape index (κ2) is 10.6. The molecule has 0 aliphatic heterocycles. The van der Waals surface area contributed by atoms with E-state index in [1.165, 1.54) is 0 Å². The van der Waals surface area contributed by atoms with Gasteiger partial charge in [0.05, 0.1) is 13.2 Å². The summed E-state index contributed by atoms with van der Waals surface area (Å²) in [7, 11) is 1.58. The molecule has 1 saturated carbocycles. The number of anilines is 3. The van der Waals surface area contributed by atoms with Crippen LogP contribution in [0.15, 0.2) is 42.5 Å². The summed E-state index contributed by atoms with van der Waals surface area (Å²) in [5.41, 5.74) is 3.44. The summed E-state index contributed by atoms with van der Waals surface area (Å²) in [6.45, 7) is 2.83. The summed E-state index contributed by atoms with van der Waals surface area (Å²) in [6, 6.07) is 12.3. The number of methoxy groups -OCH3 is 1. The first-order valence-electron chi connectivity index (χ1n) is 10.3. The van der Waals surface area contributed by atoms with Crippen LogP contribution in [0.1, 0.15) is 28.8 Å². The number of benzene rings is 2. The standard InChI is InChI=1S/C23H28N4O4/c1-15-19(4-3-5-20(15)27-23(30)17-6-7-17)26-21(28)14-25-18-10-8-16(9-11-18)22(29)24-12-13-31-2/h3-5,8-11,17,25H,6-7,12-14H2,1-2H3,(H,24,29)(H,26,28)(H,27,30). The van der Waals surface area contributed by atoms with Crippen LogP contribution in [0.3, 0.4) is 0 Å². The molecule has 0 heterocycles. The Morgan fingerprint density at radius 3 is 2.32 bits per heavy atom. The maximum Gasteiger partial charge on any atom is 0.251 e. The smallest absolute Gasteiger partial charge is 0.251 e. The molecule has 0 spiro atoms. The number of rotatable bonds is 10. The summed E-state index contributed by atoms with van der Waals surface area (Å²) in [4.78, 5) is 36.4. The molecule has 1 fully saturated rings. The molecular weight excluding hydrogens is 396 g/mol. The van der Waals surface area contributed by atoms with Crippen LogP contribution in [-0.4, -0.2) is 44.5 Å². The topological polar surface area (TPSA) is 109 Å². The van der Waals surface area contributed by atoms with Gasteiger partial charge in [-0.05, 0) is 61.7 Å². The molecule has 3 rings (SSSR count). The van der Waals surface area contributed by atoms with Gasteiger partial charge in [-0.15, -0.1) is 0 Å². The Morgan fingerprint density at radius 2 is 1.68 bits per heavy atom. The molecule has 0 atom stereocenters. The van der Waals surface area contributed by atoms with Crippen LogP contribution in [0, 0.1) is 12.8 Å². The van der Waals surface area contributed by atoms with Crippen molar-refractivity contribution in [3.05, 3.63) is 53.6 Å². The lowest BCUT2D eigenvalue weighted by Crippen LogP contribution is -2.27. The summed E-state index contributed by atoms with van der Waals surface area (Å²) in [6.07, 6.45) is 1.87. The van der Waals surface area contributed by atoms with E-state index in [2.05, 4.69) is 21.3 Å². The van der Waals surface area contributed by atoms with Crippen molar-refractivity contribution in [1.29, 1.82) is 0 Å². The first-order valence-corrected chi connectivity index (χ1v) is 10.3. The minimum Gasteiger partial charge on any atom is -0.383 e. The lowest BCUT2D eigenvalue weighted by Gasteiger charge is -2.14. The molecule has 0 bridgehead atoms. The van der Waals surface area contributed by atoms with Gasteiger partial charge in [-0.2, -0.15) is 0 Å². The van der Waals surface area contributed by atoms with Crippen molar-refractivity contribution < 1.29 is 19.1 Å². The zero-order valence-electron chi connectivity index (χ0n) is 17.8. The van der Waals surface area contributed by atoms with Crippen molar-refractivity contribution in [2.24, 2.45) is 5.92 Å². The molecule has 2 aromatic carbocycles. The molecule has 0 aromatic heterocycles. The maximum atomic E-state index is 12.4. The molecule has 3 amide bonds. The van der Waals surface area contributed by atoms with Gasteiger partial charge in [-0.3, -0.25) is 14.4 Å². The quantitative estimate of drug-likeness (QED) is 0.439. The third kappa shape index (κ3) is 6.55. The van der Waals surface area contributed by atoms with Crippen molar-refractivity contribution in [2.75, 3.05) is 42.8 Å². The Hall–Kier alpha value is -3.39. The second-order valence-electron chi connectivity index (χ2n) is 7.47. The molecule has 8 heteroatoms. The Labute approximate surface area is 181 Å². The maximum absolute atomic E-state index is 12.4. The van der Waals surface area contributed by atoms with Crippen molar-refractivity contribution in [1.82, 2.24) is 5.32 Å². The molecule has 4 N–H and O–H groups in total. The molecule has 2 aromatic rings. The van der Waals surface area contributed by atoms with Crippen molar-refractivity contribution in [3.8, 4) is 0 Å². The zero-order valence-corrected chi connectivity index (χ0v) is 17.8. The van der Waals surface area contributed by atoms with E-state index in [0.717, 1.165) is 24.1 Å². The van der Waals surface area contributed by atoms with Crippen LogP contribution < -0.4 is 21.3 Å². The Balaban J connectivity index is 1.50. The Kier molecular flexibility index (Phi) is 7.61. The Morgan fingerprint density at radius 1 is 1.00 bits per heavy atom. The van der Waals surface area contributed by atoms with Crippen LogP contribution in [0.2, 0.25) is 0 Å². The van der Waals surface area contributed by atoms with Crippen LogP contribution >= 0.6 is 0 Å². The first kappa shape index (κ1) is 22.3. The SMILES string of the molecule is COCCNC(=O)c1ccc(NCC(=O)Nc2cccc(NC(=O)C3CC3)c2C)cc1. The highest BCUT2D eigenvalue weighted by molar-refractivity contribution is 5.98. The second-order valence-corrected chi connectivity index (χ2v) is 7.47. The van der Waals surface area contributed by atoms with Gasteiger partial charge in [0.1, 0.15) is 0 Å². The fraction of sp³-hybridized carbons (Fsp3) is 0.348. The third-order valence-corrected chi connectivity index (χ3v) is 5.01. The van der Waals surface area contributed by atoms with Gasteiger partial charge in [0, 0.05) is 42.2 Å². The molecule has 0 radical (unpaired) electrons. The highest BCUT2D eigenvalue weighted by Gasteiger charge is 2.29. The van der Waals surface area contributed by atoms with Gasteiger partial charge in [0.2, 0.25) is 11.8 Å². The van der Waals surface area contributed by atoms with Crippen LogP contribution in [0.25, 0.3) is 0 Å². The lowest BCUT2D eigenvalue weighted by atomic mass is 10.1. The molecule has 1 aliphatic carbocycles. The predicted molar refractivity (Wildman–Crippen MR) is 120 cm³/mol. The van der Waals surface area contributed by atoms with Gasteiger partial charge in [-0.1, -0.05) is 6.07 Å². The molecular formula is C23H28N4O4. The lowest BCUT2D eigenvalue weighted by molar-refractivity contribution is -0.117. The number of amides is 3. The van der Waals surface area contributed by atoms with Gasteiger partial charge in [0.25, 0.3) is 5.91 Å². The monoisotopic (exact) mass is 424 g/mol. The van der Waals surface area contributed by atoms with E-state index in [1.807, 2.05) is 13.0 Å². The summed E-state index contributed by atoms with van der Waals surface area (Å²) in [5, 5.41) is 11.6. The van der Waals surface area contributed by atoms with Gasteiger partial charge in [-0.25, -0.2) is 0 Å². The zero-order chi connectivity index (χ0) is 22.2. The normalized spacial score (nSPS) is 12.7. The summed E-state index contributed by atoms with van der Waals surface area (Å²) in [5.74, 6) is -0.241. The number of hydrogen-bond donors (Lipinski definition) is 4. The summed E-state index contributed by atoms with van der Waals surface area (Å²) >= 11 is 0. The fourth-order valence-electron chi connectivity index (χ4n) is 2.97. The molecule has 164 valence electrons. The number of carbonyl (C=O) groups is 3. The average Bonchev–Trinajstić information content (AvgIpc) is 3.61. The van der Waals surface area contributed by atoms with Crippen molar-refractivity contribution >= 4 is 34.8 Å². The van der Waals surface area contributed by atoms with Crippen LogP contribution in [0.4, 0.5) is 17.1 Å². The van der Waals surface area contributed by atoms with E-state index in [4.69, 9.17) is 4.74 Å². The van der Waals surface area contributed by atoms with E-state index in [9.17, 15) is 14.4 Å². The van der Waals surface area contributed by atoms with E-state index in [1.54, 1.807) is 43.5 Å². The van der Waals surface area contributed by atoms with Crippen molar-refractivity contribution in [3.63, 3.8) is 0 Å². The number of nitrogens with one attached hydrogen (secondary N) is 4. The minimum atomic E-state index is -0.213. The van der Waals surface area contributed by atoms with Gasteiger partial charge >= 0.3 is 0 Å². The van der Waals surface area contributed by atoms with Crippen molar-refractivity contribution in [2.45, 2.75) is 19.8 Å². The van der Waals surface area contributed by atoms with E-state index < -0.39 is 0 Å². The highest BCUT2D eigenvalue weighted by atomic mass is 16.5. The van der Waals surface area contributed by atoms with E-state index >= 15 is 0 Å². The molecule has 0 saturated heterocycles. The Bertz CT molecular complexity index is 939. The van der Waals surface area contributed by atoms with Crippen LogP contribution in [-0.2, 0) is 14.3 Å². The molecule has 0 unspecified atom stereocenters. The number of ether oxygens (including phenoxy) is 1. The van der Waals surface area contributed by atoms with Gasteiger partial charge in [0.15, 0.2) is 0 Å². The van der Waals surface area contributed by atoms with E-state index in [0.29, 0.717) is 30.1 Å². The van der Waals surface area contributed by atoms with Crippen LogP contribution in [0.5, 0.6) is 0 Å². The van der Waals surface area contributed by atoms with Gasteiger partial charge < -0.3 is 26.0 Å². The molecule has 31 heavy (non-hydrogen) atoms. The fourth-order valence-corrected chi connectivity index (χ4v) is 2.97. The first-order chi connectivity index (χ1) is 15.0. The number of carbonyl (C=O) groups excluding carboxylic acids is 3. The molecule has 1 aliphatic rings.